The molecule has 8 heteroatoms. The third-order valence-corrected chi connectivity index (χ3v) is 6.51. The summed E-state index contributed by atoms with van der Waals surface area (Å²) in [5.74, 6) is 0.439. The van der Waals surface area contributed by atoms with E-state index in [1.165, 1.54) is 7.11 Å². The molecule has 0 bridgehead atoms. The van der Waals surface area contributed by atoms with E-state index in [9.17, 15) is 4.79 Å². The first-order valence-electron chi connectivity index (χ1n) is 12.9. The van der Waals surface area contributed by atoms with Crippen LogP contribution in [-0.2, 0) is 4.74 Å². The molecule has 198 valence electrons. The number of carbonyl (C=O) groups is 1. The molecule has 0 saturated heterocycles. The molecule has 2 heterocycles. The average Bonchev–Trinajstić information content (AvgIpc) is 3.64. The van der Waals surface area contributed by atoms with Crippen molar-refractivity contribution in [2.75, 3.05) is 7.11 Å². The average molecular weight is 531 g/mol. The molecule has 6 aromatic rings. The Morgan fingerprint density at radius 1 is 0.775 bits per heavy atom. The molecule has 0 saturated carbocycles. The number of benzene rings is 4. The molecule has 4 aromatic carbocycles. The zero-order chi connectivity index (χ0) is 27.6. The van der Waals surface area contributed by atoms with Crippen LogP contribution in [0, 0.1) is 0 Å². The first-order chi connectivity index (χ1) is 19.5. The van der Waals surface area contributed by atoms with Crippen molar-refractivity contribution in [2.45, 2.75) is 20.0 Å². The third kappa shape index (κ3) is 4.94. The molecular weight excluding hydrogens is 504 g/mol. The smallest absolute Gasteiger partial charge is 0.337 e. The maximum Gasteiger partial charge on any atom is 0.337 e. The molecule has 6 rings (SSSR count). The van der Waals surface area contributed by atoms with Crippen LogP contribution in [0.3, 0.4) is 0 Å². The van der Waals surface area contributed by atoms with Crippen LogP contribution in [0.1, 0.15) is 24.2 Å². The lowest BCUT2D eigenvalue weighted by Crippen LogP contribution is -2.05. The van der Waals surface area contributed by atoms with Gasteiger partial charge in [0.1, 0.15) is 16.8 Å². The van der Waals surface area contributed by atoms with Gasteiger partial charge in [0.15, 0.2) is 0 Å². The number of aromatic nitrogens is 4. The van der Waals surface area contributed by atoms with Crippen molar-refractivity contribution >= 4 is 17.0 Å². The Morgan fingerprint density at radius 3 is 2.17 bits per heavy atom. The van der Waals surface area contributed by atoms with Crippen LogP contribution >= 0.6 is 0 Å². The zero-order valence-corrected chi connectivity index (χ0v) is 22.2. The minimum atomic E-state index is -0.412. The number of ether oxygens (including phenoxy) is 2. The number of fused-ring (bicyclic) bond motifs is 1. The largest absolute Gasteiger partial charge is 0.491 e. The molecule has 0 radical (unpaired) electrons. The Balaban J connectivity index is 1.39. The van der Waals surface area contributed by atoms with Gasteiger partial charge in [-0.3, -0.25) is 0 Å². The summed E-state index contributed by atoms with van der Waals surface area (Å²) in [5.41, 5.74) is 8.11. The lowest BCUT2D eigenvalue weighted by Gasteiger charge is -2.10. The fraction of sp³-hybridized carbons (Fsp3) is 0.125. The quantitative estimate of drug-likeness (QED) is 0.206. The van der Waals surface area contributed by atoms with Gasteiger partial charge in [0.05, 0.1) is 35.9 Å². The number of hydrogen-bond donors (Lipinski definition) is 0. The molecule has 0 aliphatic heterocycles. The Morgan fingerprint density at radius 2 is 1.45 bits per heavy atom. The second kappa shape index (κ2) is 10.5. The fourth-order valence-electron chi connectivity index (χ4n) is 4.58. The first-order valence-corrected chi connectivity index (χ1v) is 12.9. The van der Waals surface area contributed by atoms with Crippen LogP contribution in [-0.4, -0.2) is 39.3 Å². The number of methoxy groups -OCH3 is 1. The van der Waals surface area contributed by atoms with E-state index in [2.05, 4.69) is 46.7 Å². The van der Waals surface area contributed by atoms with Crippen LogP contribution in [0.5, 0.6) is 5.75 Å². The number of nitrogens with zero attached hydrogens (tertiary/aromatic N) is 4. The highest BCUT2D eigenvalue weighted by Crippen LogP contribution is 2.32. The van der Waals surface area contributed by atoms with E-state index in [4.69, 9.17) is 19.2 Å². The number of esters is 1. The predicted octanol–water partition coefficient (Wildman–Crippen LogP) is 6.98. The summed E-state index contributed by atoms with van der Waals surface area (Å²) in [6.07, 6.45) is 0.132. The monoisotopic (exact) mass is 530 g/mol. The summed E-state index contributed by atoms with van der Waals surface area (Å²) in [7, 11) is 1.37. The molecule has 0 fully saturated rings. The van der Waals surface area contributed by atoms with Gasteiger partial charge in [-0.05, 0) is 83.8 Å². The van der Waals surface area contributed by atoms with E-state index in [0.29, 0.717) is 16.6 Å². The van der Waals surface area contributed by atoms with Gasteiger partial charge in [0.25, 0.3) is 0 Å². The SMILES string of the molecule is COC(=O)c1cccc(-n2nc(-c3ccc(-c4ccc(OC(C)C)cc4)cc3)cc2-c2ccc3nonc3c2)c1. The molecule has 0 atom stereocenters. The molecule has 0 unspecified atom stereocenters. The highest BCUT2D eigenvalue weighted by Gasteiger charge is 2.16. The first kappa shape index (κ1) is 25.1. The normalized spacial score (nSPS) is 11.2. The molecular formula is C32H26N4O4. The minimum Gasteiger partial charge on any atom is -0.491 e. The fourth-order valence-corrected chi connectivity index (χ4v) is 4.58. The topological polar surface area (TPSA) is 92.3 Å². The summed E-state index contributed by atoms with van der Waals surface area (Å²) < 4.78 is 17.4. The molecule has 0 aliphatic rings. The van der Waals surface area contributed by atoms with Gasteiger partial charge in [-0.2, -0.15) is 5.10 Å². The molecule has 40 heavy (non-hydrogen) atoms. The standard InChI is InChI=1S/C32H26N4O4/c1-20(2)39-27-14-11-22(12-15-27)21-7-9-23(10-8-21)29-19-31(24-13-16-28-30(18-24)35-40-34-28)36(33-29)26-6-4-5-25(17-26)32(37)38-3/h4-20H,1-3H3. The second-order valence-corrected chi connectivity index (χ2v) is 9.60. The minimum absolute atomic E-state index is 0.132. The Labute approximate surface area is 230 Å². The zero-order valence-electron chi connectivity index (χ0n) is 22.2. The lowest BCUT2D eigenvalue weighted by atomic mass is 10.0. The van der Waals surface area contributed by atoms with Gasteiger partial charge in [-0.1, -0.05) is 48.5 Å². The molecule has 0 N–H and O–H groups in total. The van der Waals surface area contributed by atoms with Crippen LogP contribution in [0.4, 0.5) is 0 Å². The maximum absolute atomic E-state index is 12.2. The summed E-state index contributed by atoms with van der Waals surface area (Å²) in [5, 5.41) is 12.9. The molecule has 0 amide bonds. The number of rotatable bonds is 7. The maximum atomic E-state index is 12.2. The highest BCUT2D eigenvalue weighted by molar-refractivity contribution is 5.90. The van der Waals surface area contributed by atoms with Gasteiger partial charge in [0, 0.05) is 11.1 Å². The van der Waals surface area contributed by atoms with Crippen LogP contribution < -0.4 is 4.74 Å². The van der Waals surface area contributed by atoms with Crippen LogP contribution in [0.25, 0.3) is 50.4 Å². The summed E-state index contributed by atoms with van der Waals surface area (Å²) >= 11 is 0. The molecule has 0 aliphatic carbocycles. The van der Waals surface area contributed by atoms with E-state index < -0.39 is 5.97 Å². The van der Waals surface area contributed by atoms with Crippen molar-refractivity contribution < 1.29 is 18.9 Å². The van der Waals surface area contributed by atoms with Crippen molar-refractivity contribution in [1.82, 2.24) is 20.1 Å². The van der Waals surface area contributed by atoms with Crippen molar-refractivity contribution in [3.63, 3.8) is 0 Å². The van der Waals surface area contributed by atoms with Gasteiger partial charge in [-0.15, -0.1) is 0 Å². The predicted molar refractivity (Wildman–Crippen MR) is 152 cm³/mol. The van der Waals surface area contributed by atoms with Crippen molar-refractivity contribution in [3.8, 4) is 45.1 Å². The molecule has 0 spiro atoms. The van der Waals surface area contributed by atoms with Gasteiger partial charge < -0.3 is 9.47 Å². The van der Waals surface area contributed by atoms with E-state index in [1.807, 2.05) is 67.1 Å². The molecule has 8 nitrogen and oxygen atoms in total. The van der Waals surface area contributed by atoms with Crippen molar-refractivity contribution in [2.24, 2.45) is 0 Å². The van der Waals surface area contributed by atoms with Crippen molar-refractivity contribution in [3.05, 3.63) is 103 Å². The summed E-state index contributed by atoms with van der Waals surface area (Å²) in [4.78, 5) is 12.2. The summed E-state index contributed by atoms with van der Waals surface area (Å²) in [6, 6.07) is 31.3. The third-order valence-electron chi connectivity index (χ3n) is 6.51. The Hall–Kier alpha value is -5.24. The van der Waals surface area contributed by atoms with E-state index in [1.54, 1.807) is 12.1 Å². The highest BCUT2D eigenvalue weighted by atomic mass is 16.6. The molecule has 2 aromatic heterocycles. The number of carbonyl (C=O) groups excluding carboxylic acids is 1. The number of hydrogen-bond acceptors (Lipinski definition) is 7. The van der Waals surface area contributed by atoms with E-state index in [0.717, 1.165) is 45.1 Å². The van der Waals surface area contributed by atoms with Crippen LogP contribution in [0.15, 0.2) is 102 Å². The van der Waals surface area contributed by atoms with Gasteiger partial charge in [-0.25, -0.2) is 14.1 Å². The second-order valence-electron chi connectivity index (χ2n) is 9.60. The summed E-state index contributed by atoms with van der Waals surface area (Å²) in [6.45, 7) is 4.03. The lowest BCUT2D eigenvalue weighted by molar-refractivity contribution is 0.0600. The Kier molecular flexibility index (Phi) is 6.57. The van der Waals surface area contributed by atoms with E-state index in [-0.39, 0.29) is 6.10 Å². The van der Waals surface area contributed by atoms with E-state index >= 15 is 0 Å². The Bertz CT molecular complexity index is 1800. The van der Waals surface area contributed by atoms with Gasteiger partial charge in [0.2, 0.25) is 0 Å². The van der Waals surface area contributed by atoms with Crippen molar-refractivity contribution in [1.29, 1.82) is 0 Å². The van der Waals surface area contributed by atoms with Crippen LogP contribution in [0.2, 0.25) is 0 Å². The van der Waals surface area contributed by atoms with Gasteiger partial charge >= 0.3 is 5.97 Å².